The van der Waals surface area contributed by atoms with Gasteiger partial charge in [0.25, 0.3) is 5.91 Å². The minimum absolute atomic E-state index is 0.171. The maximum absolute atomic E-state index is 13.1. The van der Waals surface area contributed by atoms with Crippen LogP contribution < -0.4 is 5.32 Å². The second kappa shape index (κ2) is 7.14. The highest BCUT2D eigenvalue weighted by atomic mass is 16.2. The number of carbonyl (C=O) groups is 1. The number of rotatable bonds is 5. The lowest BCUT2D eigenvalue weighted by Crippen LogP contribution is -2.42. The predicted molar refractivity (Wildman–Crippen MR) is 95.7 cm³/mol. The monoisotopic (exact) mass is 310 g/mol. The van der Waals surface area contributed by atoms with Gasteiger partial charge in [0.2, 0.25) is 0 Å². The van der Waals surface area contributed by atoms with Crippen LogP contribution in [0.25, 0.3) is 10.8 Å². The number of amides is 1. The summed E-state index contributed by atoms with van der Waals surface area (Å²) in [5.41, 5.74) is 0.805. The molecular weight excluding hydrogens is 284 g/mol. The molecule has 0 aliphatic carbocycles. The zero-order valence-corrected chi connectivity index (χ0v) is 14.1. The third-order valence-corrected chi connectivity index (χ3v) is 4.68. The summed E-state index contributed by atoms with van der Waals surface area (Å²) in [6.45, 7) is 7.19. The fourth-order valence-electron chi connectivity index (χ4n) is 3.24. The summed E-state index contributed by atoms with van der Waals surface area (Å²) in [6.07, 6.45) is 2.10. The molecule has 2 aromatic rings. The summed E-state index contributed by atoms with van der Waals surface area (Å²) in [6, 6.07) is 14.6. The van der Waals surface area contributed by atoms with Crippen LogP contribution in [0.4, 0.5) is 0 Å². The highest BCUT2D eigenvalue weighted by Crippen LogP contribution is 2.20. The molecule has 1 aliphatic rings. The molecule has 3 nitrogen and oxygen atoms in total. The van der Waals surface area contributed by atoms with E-state index < -0.39 is 0 Å². The van der Waals surface area contributed by atoms with Crippen LogP contribution in [0.5, 0.6) is 0 Å². The van der Waals surface area contributed by atoms with Crippen LogP contribution in [0.3, 0.4) is 0 Å². The summed E-state index contributed by atoms with van der Waals surface area (Å²) in [5.74, 6) is 0.779. The molecular formula is C20H26N2O. The highest BCUT2D eigenvalue weighted by molar-refractivity contribution is 5.98. The second-order valence-corrected chi connectivity index (χ2v) is 6.89. The predicted octanol–water partition coefficient (Wildman–Crippen LogP) is 3.69. The Morgan fingerprint density at radius 1 is 1.22 bits per heavy atom. The Labute approximate surface area is 138 Å². The summed E-state index contributed by atoms with van der Waals surface area (Å²) >= 11 is 0. The number of carbonyl (C=O) groups excluding carboxylic acids is 1. The van der Waals surface area contributed by atoms with E-state index in [0.717, 1.165) is 43.4 Å². The minimum atomic E-state index is 0.171. The van der Waals surface area contributed by atoms with Crippen molar-refractivity contribution in [2.24, 2.45) is 5.92 Å². The van der Waals surface area contributed by atoms with Crippen molar-refractivity contribution >= 4 is 16.7 Å². The summed E-state index contributed by atoms with van der Waals surface area (Å²) in [7, 11) is 0. The lowest BCUT2D eigenvalue weighted by atomic mass is 10.0. The van der Waals surface area contributed by atoms with Crippen molar-refractivity contribution in [1.29, 1.82) is 0 Å². The molecule has 2 aromatic carbocycles. The smallest absolute Gasteiger partial charge is 0.254 e. The zero-order chi connectivity index (χ0) is 16.2. The van der Waals surface area contributed by atoms with Gasteiger partial charge >= 0.3 is 0 Å². The number of hydrogen-bond acceptors (Lipinski definition) is 2. The Balaban J connectivity index is 1.85. The molecule has 0 spiro atoms. The van der Waals surface area contributed by atoms with Gasteiger partial charge in [0.05, 0.1) is 0 Å². The van der Waals surface area contributed by atoms with Crippen LogP contribution >= 0.6 is 0 Å². The molecule has 1 heterocycles. The van der Waals surface area contributed by atoms with E-state index in [4.69, 9.17) is 0 Å². The molecule has 1 fully saturated rings. The molecule has 0 aromatic heterocycles. The molecule has 122 valence electrons. The first kappa shape index (κ1) is 16.0. The first-order chi connectivity index (χ1) is 11.1. The van der Waals surface area contributed by atoms with Crippen molar-refractivity contribution in [2.45, 2.75) is 32.7 Å². The maximum Gasteiger partial charge on any atom is 0.254 e. The summed E-state index contributed by atoms with van der Waals surface area (Å²) in [5, 5.41) is 5.69. The van der Waals surface area contributed by atoms with Crippen molar-refractivity contribution in [1.82, 2.24) is 10.2 Å². The number of nitrogens with one attached hydrogen (secondary N) is 1. The van der Waals surface area contributed by atoms with Gasteiger partial charge in [-0.25, -0.2) is 0 Å². The fraction of sp³-hybridized carbons (Fsp3) is 0.450. The molecule has 1 aliphatic heterocycles. The van der Waals surface area contributed by atoms with Gasteiger partial charge in [0.1, 0.15) is 0 Å². The number of benzene rings is 2. The standard InChI is InChI=1S/C20H26N2O/c1-15(2)10-12-22(19-9-11-21-14-19)20(23)18-8-7-16-5-3-4-6-17(16)13-18/h3-8,13,15,19,21H,9-12,14H2,1-2H3. The van der Waals surface area contributed by atoms with E-state index in [2.05, 4.69) is 42.3 Å². The zero-order valence-electron chi connectivity index (χ0n) is 14.1. The fourth-order valence-corrected chi connectivity index (χ4v) is 3.24. The Bertz CT molecular complexity index is 674. The average Bonchev–Trinajstić information content (AvgIpc) is 3.08. The van der Waals surface area contributed by atoms with E-state index in [-0.39, 0.29) is 5.91 Å². The molecule has 0 saturated carbocycles. The van der Waals surface area contributed by atoms with Crippen molar-refractivity contribution in [3.8, 4) is 0 Å². The average molecular weight is 310 g/mol. The van der Waals surface area contributed by atoms with E-state index in [1.807, 2.05) is 24.3 Å². The third kappa shape index (κ3) is 3.73. The molecule has 1 atom stereocenters. The Kier molecular flexibility index (Phi) is 4.97. The van der Waals surface area contributed by atoms with Gasteiger partial charge in [-0.2, -0.15) is 0 Å². The highest BCUT2D eigenvalue weighted by Gasteiger charge is 2.27. The molecule has 1 unspecified atom stereocenters. The quantitative estimate of drug-likeness (QED) is 0.913. The Hall–Kier alpha value is -1.87. The summed E-state index contributed by atoms with van der Waals surface area (Å²) < 4.78 is 0. The summed E-state index contributed by atoms with van der Waals surface area (Å²) in [4.78, 5) is 15.2. The van der Waals surface area contributed by atoms with Crippen molar-refractivity contribution in [3.63, 3.8) is 0 Å². The number of nitrogens with zero attached hydrogens (tertiary/aromatic N) is 1. The lowest BCUT2D eigenvalue weighted by Gasteiger charge is -2.29. The van der Waals surface area contributed by atoms with Crippen LogP contribution in [0, 0.1) is 5.92 Å². The van der Waals surface area contributed by atoms with E-state index >= 15 is 0 Å². The van der Waals surface area contributed by atoms with Crippen molar-refractivity contribution in [3.05, 3.63) is 48.0 Å². The van der Waals surface area contributed by atoms with E-state index in [0.29, 0.717) is 12.0 Å². The molecule has 0 bridgehead atoms. The molecule has 1 N–H and O–H groups in total. The maximum atomic E-state index is 13.1. The first-order valence-corrected chi connectivity index (χ1v) is 8.65. The molecule has 3 rings (SSSR count). The second-order valence-electron chi connectivity index (χ2n) is 6.89. The topological polar surface area (TPSA) is 32.3 Å². The van der Waals surface area contributed by atoms with Gasteiger partial charge in [-0.05, 0) is 48.2 Å². The first-order valence-electron chi connectivity index (χ1n) is 8.65. The van der Waals surface area contributed by atoms with Crippen LogP contribution in [0.15, 0.2) is 42.5 Å². The van der Waals surface area contributed by atoms with Crippen molar-refractivity contribution in [2.75, 3.05) is 19.6 Å². The number of hydrogen-bond donors (Lipinski definition) is 1. The Morgan fingerprint density at radius 3 is 2.70 bits per heavy atom. The Morgan fingerprint density at radius 2 is 2.00 bits per heavy atom. The molecule has 3 heteroatoms. The van der Waals surface area contributed by atoms with Crippen LogP contribution in [-0.2, 0) is 0 Å². The molecule has 23 heavy (non-hydrogen) atoms. The van der Waals surface area contributed by atoms with Gasteiger partial charge in [-0.15, -0.1) is 0 Å². The van der Waals surface area contributed by atoms with E-state index in [1.165, 1.54) is 5.39 Å². The molecule has 1 saturated heterocycles. The van der Waals surface area contributed by atoms with Gasteiger partial charge in [-0.1, -0.05) is 44.2 Å². The largest absolute Gasteiger partial charge is 0.334 e. The third-order valence-electron chi connectivity index (χ3n) is 4.68. The molecule has 1 amide bonds. The van der Waals surface area contributed by atoms with Gasteiger partial charge in [0.15, 0.2) is 0 Å². The molecule has 0 radical (unpaired) electrons. The van der Waals surface area contributed by atoms with E-state index in [9.17, 15) is 4.79 Å². The van der Waals surface area contributed by atoms with Gasteiger partial charge in [-0.3, -0.25) is 4.79 Å². The minimum Gasteiger partial charge on any atom is -0.334 e. The van der Waals surface area contributed by atoms with Gasteiger partial charge < -0.3 is 10.2 Å². The van der Waals surface area contributed by atoms with Crippen LogP contribution in [0.1, 0.15) is 37.0 Å². The van der Waals surface area contributed by atoms with Crippen molar-refractivity contribution < 1.29 is 4.79 Å². The normalized spacial score (nSPS) is 17.8. The number of fused-ring (bicyclic) bond motifs is 1. The van der Waals surface area contributed by atoms with E-state index in [1.54, 1.807) is 0 Å². The lowest BCUT2D eigenvalue weighted by molar-refractivity contribution is 0.0683. The van der Waals surface area contributed by atoms with Crippen LogP contribution in [-0.4, -0.2) is 36.5 Å². The van der Waals surface area contributed by atoms with Crippen LogP contribution in [0.2, 0.25) is 0 Å². The van der Waals surface area contributed by atoms with Gasteiger partial charge in [0, 0.05) is 24.7 Å². The SMILES string of the molecule is CC(C)CCN(C(=O)c1ccc2ccccc2c1)C1CCNC1.